The van der Waals surface area contributed by atoms with Crippen molar-refractivity contribution in [2.45, 2.75) is 32.1 Å². The fourth-order valence-electron chi connectivity index (χ4n) is 1.88. The van der Waals surface area contributed by atoms with E-state index in [1.165, 1.54) is 13.2 Å². The lowest BCUT2D eigenvalue weighted by Gasteiger charge is -2.15. The second kappa shape index (κ2) is 6.23. The zero-order valence-corrected chi connectivity index (χ0v) is 10.1. The largest absolute Gasteiger partial charge is 0.494 e. The van der Waals surface area contributed by atoms with Crippen molar-refractivity contribution in [3.05, 3.63) is 29.6 Å². The molecule has 0 bridgehead atoms. The molecule has 0 radical (unpaired) electrons. The SMILES string of the molecule is CCC[C@@H](CC(=O)O)c1ccc(F)c(OC)c1. The monoisotopic (exact) mass is 240 g/mol. The van der Waals surface area contributed by atoms with Crippen LogP contribution in [0.5, 0.6) is 5.75 Å². The van der Waals surface area contributed by atoms with E-state index in [0.717, 1.165) is 18.4 Å². The molecule has 0 saturated carbocycles. The van der Waals surface area contributed by atoms with Gasteiger partial charge in [-0.05, 0) is 30.0 Å². The standard InChI is InChI=1S/C13H17FO3/c1-3-4-9(8-13(15)16)10-5-6-11(14)12(7-10)17-2/h5-7,9H,3-4,8H2,1-2H3,(H,15,16)/t9-/m0/s1. The van der Waals surface area contributed by atoms with Crippen LogP contribution in [0.1, 0.15) is 37.7 Å². The van der Waals surface area contributed by atoms with E-state index >= 15 is 0 Å². The van der Waals surface area contributed by atoms with Gasteiger partial charge in [0, 0.05) is 0 Å². The lowest BCUT2D eigenvalue weighted by molar-refractivity contribution is -0.137. The molecule has 0 fully saturated rings. The molecule has 0 amide bonds. The summed E-state index contributed by atoms with van der Waals surface area (Å²) >= 11 is 0. The van der Waals surface area contributed by atoms with E-state index < -0.39 is 11.8 Å². The number of hydrogen-bond donors (Lipinski definition) is 1. The maximum absolute atomic E-state index is 13.2. The number of hydrogen-bond acceptors (Lipinski definition) is 2. The Morgan fingerprint density at radius 2 is 2.24 bits per heavy atom. The number of carbonyl (C=O) groups is 1. The third-order valence-corrected chi connectivity index (χ3v) is 2.70. The Bertz CT molecular complexity index is 390. The highest BCUT2D eigenvalue weighted by molar-refractivity contribution is 5.68. The summed E-state index contributed by atoms with van der Waals surface area (Å²) in [5.74, 6) is -1.20. The average Bonchev–Trinajstić information content (AvgIpc) is 2.28. The molecule has 1 aromatic rings. The van der Waals surface area contributed by atoms with Gasteiger partial charge in [-0.25, -0.2) is 4.39 Å². The Morgan fingerprint density at radius 1 is 1.53 bits per heavy atom. The van der Waals surface area contributed by atoms with Crippen LogP contribution in [0.2, 0.25) is 0 Å². The van der Waals surface area contributed by atoms with Crippen molar-refractivity contribution in [1.82, 2.24) is 0 Å². The Balaban J connectivity index is 2.96. The van der Waals surface area contributed by atoms with Crippen LogP contribution in [-0.2, 0) is 4.79 Å². The van der Waals surface area contributed by atoms with Crippen molar-refractivity contribution >= 4 is 5.97 Å². The minimum Gasteiger partial charge on any atom is -0.494 e. The van der Waals surface area contributed by atoms with E-state index in [0.29, 0.717) is 0 Å². The topological polar surface area (TPSA) is 46.5 Å². The zero-order chi connectivity index (χ0) is 12.8. The van der Waals surface area contributed by atoms with Crippen LogP contribution in [0, 0.1) is 5.82 Å². The molecule has 4 heteroatoms. The van der Waals surface area contributed by atoms with Gasteiger partial charge in [0.05, 0.1) is 13.5 Å². The molecule has 0 aliphatic heterocycles. The third kappa shape index (κ3) is 3.73. The summed E-state index contributed by atoms with van der Waals surface area (Å²) in [5.41, 5.74) is 0.813. The summed E-state index contributed by atoms with van der Waals surface area (Å²) in [7, 11) is 1.40. The number of rotatable bonds is 6. The van der Waals surface area contributed by atoms with Gasteiger partial charge in [0.2, 0.25) is 0 Å². The van der Waals surface area contributed by atoms with Gasteiger partial charge in [0.25, 0.3) is 0 Å². The summed E-state index contributed by atoms with van der Waals surface area (Å²) in [6.45, 7) is 2.00. The first-order chi connectivity index (χ1) is 8.08. The van der Waals surface area contributed by atoms with Gasteiger partial charge in [-0.3, -0.25) is 4.79 Å². The quantitative estimate of drug-likeness (QED) is 0.830. The van der Waals surface area contributed by atoms with E-state index in [1.54, 1.807) is 12.1 Å². The molecular weight excluding hydrogens is 223 g/mol. The Labute approximate surface area is 100 Å². The summed E-state index contributed by atoms with van der Waals surface area (Å²) in [5, 5.41) is 8.85. The molecule has 0 aromatic heterocycles. The molecule has 0 spiro atoms. The highest BCUT2D eigenvalue weighted by Crippen LogP contribution is 2.29. The van der Waals surface area contributed by atoms with E-state index in [-0.39, 0.29) is 18.1 Å². The van der Waals surface area contributed by atoms with Crippen LogP contribution in [0.25, 0.3) is 0 Å². The third-order valence-electron chi connectivity index (χ3n) is 2.70. The molecule has 94 valence electrons. The van der Waals surface area contributed by atoms with E-state index in [2.05, 4.69) is 0 Å². The van der Waals surface area contributed by atoms with Crippen molar-refractivity contribution < 1.29 is 19.0 Å². The number of carboxylic acid groups (broad SMARTS) is 1. The second-order valence-corrected chi connectivity index (χ2v) is 3.98. The van der Waals surface area contributed by atoms with Gasteiger partial charge < -0.3 is 9.84 Å². The number of halogens is 1. The molecular formula is C13H17FO3. The van der Waals surface area contributed by atoms with Crippen molar-refractivity contribution in [3.63, 3.8) is 0 Å². The van der Waals surface area contributed by atoms with Gasteiger partial charge in [-0.15, -0.1) is 0 Å². The minimum absolute atomic E-state index is 0.0582. The number of aliphatic carboxylic acids is 1. The summed E-state index contributed by atoms with van der Waals surface area (Å²) in [6, 6.07) is 4.53. The Hall–Kier alpha value is -1.58. The molecule has 1 atom stereocenters. The summed E-state index contributed by atoms with van der Waals surface area (Å²) in [6.07, 6.45) is 1.71. The number of ether oxygens (including phenoxy) is 1. The van der Waals surface area contributed by atoms with Crippen molar-refractivity contribution in [2.75, 3.05) is 7.11 Å². The first-order valence-electron chi connectivity index (χ1n) is 5.63. The zero-order valence-electron chi connectivity index (χ0n) is 10.1. The smallest absolute Gasteiger partial charge is 0.303 e. The van der Waals surface area contributed by atoms with Crippen LogP contribution in [0.4, 0.5) is 4.39 Å². The highest BCUT2D eigenvalue weighted by Gasteiger charge is 2.16. The van der Waals surface area contributed by atoms with Crippen LogP contribution < -0.4 is 4.74 Å². The first kappa shape index (κ1) is 13.5. The molecule has 0 aliphatic carbocycles. The highest BCUT2D eigenvalue weighted by atomic mass is 19.1. The molecule has 1 aromatic carbocycles. The minimum atomic E-state index is -0.841. The van der Waals surface area contributed by atoms with Gasteiger partial charge in [-0.2, -0.15) is 0 Å². The van der Waals surface area contributed by atoms with Crippen LogP contribution in [-0.4, -0.2) is 18.2 Å². The Kier molecular flexibility index (Phi) is 4.94. The van der Waals surface area contributed by atoms with Crippen molar-refractivity contribution in [1.29, 1.82) is 0 Å². The van der Waals surface area contributed by atoms with Gasteiger partial charge >= 0.3 is 5.97 Å². The summed E-state index contributed by atoms with van der Waals surface area (Å²) in [4.78, 5) is 10.8. The molecule has 0 aliphatic rings. The number of benzene rings is 1. The second-order valence-electron chi connectivity index (χ2n) is 3.98. The molecule has 1 N–H and O–H groups in total. The van der Waals surface area contributed by atoms with Crippen LogP contribution in [0.15, 0.2) is 18.2 Å². The van der Waals surface area contributed by atoms with Crippen LogP contribution >= 0.6 is 0 Å². The lowest BCUT2D eigenvalue weighted by Crippen LogP contribution is -2.06. The van der Waals surface area contributed by atoms with Gasteiger partial charge in [-0.1, -0.05) is 19.4 Å². The molecule has 0 saturated heterocycles. The molecule has 1 rings (SSSR count). The molecule has 0 unspecified atom stereocenters. The number of methoxy groups -OCH3 is 1. The molecule has 0 heterocycles. The Morgan fingerprint density at radius 3 is 2.76 bits per heavy atom. The predicted molar refractivity (Wildman–Crippen MR) is 62.9 cm³/mol. The molecule has 17 heavy (non-hydrogen) atoms. The summed E-state index contributed by atoms with van der Waals surface area (Å²) < 4.78 is 18.1. The fourth-order valence-corrected chi connectivity index (χ4v) is 1.88. The lowest BCUT2D eigenvalue weighted by atomic mass is 9.91. The number of carboxylic acids is 1. The molecule has 3 nitrogen and oxygen atoms in total. The maximum atomic E-state index is 13.2. The fraction of sp³-hybridized carbons (Fsp3) is 0.462. The van der Waals surface area contributed by atoms with E-state index in [9.17, 15) is 9.18 Å². The van der Waals surface area contributed by atoms with Crippen molar-refractivity contribution in [3.8, 4) is 5.75 Å². The van der Waals surface area contributed by atoms with Gasteiger partial charge in [0.1, 0.15) is 0 Å². The van der Waals surface area contributed by atoms with Crippen LogP contribution in [0.3, 0.4) is 0 Å². The van der Waals surface area contributed by atoms with E-state index in [4.69, 9.17) is 9.84 Å². The average molecular weight is 240 g/mol. The normalized spacial score (nSPS) is 12.2. The first-order valence-corrected chi connectivity index (χ1v) is 5.63. The predicted octanol–water partition coefficient (Wildman–Crippen LogP) is 3.19. The van der Waals surface area contributed by atoms with Crippen molar-refractivity contribution in [2.24, 2.45) is 0 Å². The maximum Gasteiger partial charge on any atom is 0.303 e. The van der Waals surface area contributed by atoms with E-state index in [1.807, 2.05) is 6.92 Å². The van der Waals surface area contributed by atoms with Gasteiger partial charge in [0.15, 0.2) is 11.6 Å².